The standard InChI is InChI=1S/C48H80O7Si2/c1-36-27-29-51-43(33-36)25-26-46(55-57(13,14)48(7,8)9)45(52-35-39-21-23-41(50-10)24-22-39)20-15-17-40(49)32-37(2)31-38(3)34-44-19-16-18-42(54-44)28-30-53-56(11,12)47(4,5)6/h15-18,21-27,38,40,42-46,49H,2,19-20,28-35H2,1,3-14H3/t38-,40?,42-,43+,44-,45-,46?/m0/s1. The SMILES string of the molecule is C=C(CC(O)C=CC[C@H](OCc1ccc(OC)cc1)C(C=C[C@@H]1CC(C)=CCO1)O[Si](C)(C)C(C)(C)C)C[C@H](C)C[C@@H]1CC=C[C@@H](CCO[Si](C)(C)C(C)(C)C)O1. The predicted molar refractivity (Wildman–Crippen MR) is 243 cm³/mol. The van der Waals surface area contributed by atoms with Gasteiger partial charge in [0.25, 0.3) is 0 Å². The Kier molecular flexibility index (Phi) is 19.4. The van der Waals surface area contributed by atoms with E-state index in [1.54, 1.807) is 7.11 Å². The van der Waals surface area contributed by atoms with E-state index in [4.69, 9.17) is 27.8 Å². The largest absolute Gasteiger partial charge is 0.497 e. The van der Waals surface area contributed by atoms with E-state index in [9.17, 15) is 5.11 Å². The van der Waals surface area contributed by atoms with Crippen LogP contribution in [0.5, 0.6) is 5.75 Å². The molecule has 57 heavy (non-hydrogen) atoms. The van der Waals surface area contributed by atoms with Gasteiger partial charge in [-0.05, 0) is 112 Å². The zero-order valence-corrected chi connectivity index (χ0v) is 40.1. The number of aliphatic hydroxyl groups is 1. The highest BCUT2D eigenvalue weighted by Gasteiger charge is 2.41. The molecule has 0 aromatic heterocycles. The monoisotopic (exact) mass is 825 g/mol. The number of ether oxygens (including phenoxy) is 4. The van der Waals surface area contributed by atoms with Crippen molar-refractivity contribution in [2.24, 2.45) is 5.92 Å². The van der Waals surface area contributed by atoms with Crippen molar-refractivity contribution in [3.8, 4) is 5.75 Å². The van der Waals surface area contributed by atoms with Crippen LogP contribution in [0.15, 0.2) is 84.5 Å². The minimum atomic E-state index is -2.19. The molecule has 0 radical (unpaired) electrons. The van der Waals surface area contributed by atoms with E-state index < -0.39 is 22.7 Å². The summed E-state index contributed by atoms with van der Waals surface area (Å²) in [6.45, 7) is 33.4. The zero-order chi connectivity index (χ0) is 42.4. The maximum Gasteiger partial charge on any atom is 0.193 e. The lowest BCUT2D eigenvalue weighted by Crippen LogP contribution is -2.47. The van der Waals surface area contributed by atoms with Crippen molar-refractivity contribution in [1.82, 2.24) is 0 Å². The molecule has 1 aromatic rings. The summed E-state index contributed by atoms with van der Waals surface area (Å²) < 4.78 is 38.2. The van der Waals surface area contributed by atoms with E-state index in [1.807, 2.05) is 30.3 Å². The van der Waals surface area contributed by atoms with E-state index in [0.29, 0.717) is 32.0 Å². The Morgan fingerprint density at radius 1 is 1.00 bits per heavy atom. The molecule has 2 heterocycles. The summed E-state index contributed by atoms with van der Waals surface area (Å²) in [7, 11) is -2.29. The average molecular weight is 825 g/mol. The maximum atomic E-state index is 11.2. The summed E-state index contributed by atoms with van der Waals surface area (Å²) in [5.74, 6) is 1.21. The minimum absolute atomic E-state index is 0.00285. The summed E-state index contributed by atoms with van der Waals surface area (Å²) in [5, 5.41) is 11.4. The molecule has 3 rings (SSSR count). The molecule has 322 valence electrons. The molecule has 0 fully saturated rings. The van der Waals surface area contributed by atoms with Gasteiger partial charge in [0.2, 0.25) is 0 Å². The first-order valence-corrected chi connectivity index (χ1v) is 27.3. The van der Waals surface area contributed by atoms with Crippen molar-refractivity contribution < 1.29 is 32.9 Å². The molecule has 0 amide bonds. The number of hydrogen-bond donors (Lipinski definition) is 1. The first-order chi connectivity index (χ1) is 26.6. The molecule has 0 bridgehead atoms. The van der Waals surface area contributed by atoms with E-state index in [0.717, 1.165) is 55.6 Å². The van der Waals surface area contributed by atoms with E-state index in [2.05, 4.69) is 125 Å². The lowest BCUT2D eigenvalue weighted by Gasteiger charge is -2.40. The Labute approximate surface area is 350 Å². The lowest BCUT2D eigenvalue weighted by molar-refractivity contribution is -0.0204. The molecule has 2 aliphatic heterocycles. The molecule has 2 aliphatic rings. The van der Waals surface area contributed by atoms with Crippen molar-refractivity contribution in [2.75, 3.05) is 20.3 Å². The summed E-state index contributed by atoms with van der Waals surface area (Å²) in [6, 6.07) is 7.99. The van der Waals surface area contributed by atoms with E-state index in [-0.39, 0.29) is 40.6 Å². The predicted octanol–water partition coefficient (Wildman–Crippen LogP) is 12.1. The minimum Gasteiger partial charge on any atom is -0.497 e. The van der Waals surface area contributed by atoms with Gasteiger partial charge in [-0.15, -0.1) is 0 Å². The molecule has 1 N–H and O–H groups in total. The van der Waals surface area contributed by atoms with Crippen molar-refractivity contribution in [3.63, 3.8) is 0 Å². The molecule has 0 aliphatic carbocycles. The van der Waals surface area contributed by atoms with Gasteiger partial charge >= 0.3 is 0 Å². The van der Waals surface area contributed by atoms with Gasteiger partial charge < -0.3 is 32.9 Å². The molecule has 0 saturated heterocycles. The Balaban J connectivity index is 1.62. The maximum absolute atomic E-state index is 11.2. The Morgan fingerprint density at radius 2 is 1.68 bits per heavy atom. The summed E-state index contributed by atoms with van der Waals surface area (Å²) in [5.41, 5.74) is 3.45. The fourth-order valence-electron chi connectivity index (χ4n) is 6.64. The van der Waals surface area contributed by atoms with Crippen LogP contribution < -0.4 is 4.74 Å². The lowest BCUT2D eigenvalue weighted by atomic mass is 9.91. The van der Waals surface area contributed by atoms with Crippen LogP contribution in [0.4, 0.5) is 0 Å². The number of hydrogen-bond acceptors (Lipinski definition) is 7. The second-order valence-corrected chi connectivity index (χ2v) is 29.2. The second-order valence-electron chi connectivity index (χ2n) is 19.6. The van der Waals surface area contributed by atoms with Gasteiger partial charge in [-0.3, -0.25) is 0 Å². The molecule has 0 spiro atoms. The second kappa shape index (κ2) is 22.5. The van der Waals surface area contributed by atoms with Crippen LogP contribution in [-0.4, -0.2) is 78.7 Å². The summed E-state index contributed by atoms with van der Waals surface area (Å²) in [4.78, 5) is 0. The third-order valence-corrected chi connectivity index (χ3v) is 21.3. The molecular formula is C48H80O7Si2. The smallest absolute Gasteiger partial charge is 0.193 e. The topological polar surface area (TPSA) is 75.6 Å². The fourth-order valence-corrected chi connectivity index (χ4v) is 8.97. The third-order valence-electron chi connectivity index (χ3n) is 12.3. The van der Waals surface area contributed by atoms with Gasteiger partial charge in [0.1, 0.15) is 5.75 Å². The average Bonchev–Trinajstić information content (AvgIpc) is 3.10. The fraction of sp³-hybridized carbons (Fsp3) is 0.667. The Morgan fingerprint density at radius 3 is 2.32 bits per heavy atom. The molecule has 1 aromatic carbocycles. The van der Waals surface area contributed by atoms with Crippen LogP contribution in [0.25, 0.3) is 0 Å². The third kappa shape index (κ3) is 17.2. The normalized spacial score (nSPS) is 22.1. The van der Waals surface area contributed by atoms with Gasteiger partial charge in [0.05, 0.1) is 56.9 Å². The number of rotatable bonds is 22. The van der Waals surface area contributed by atoms with Gasteiger partial charge in [-0.2, -0.15) is 0 Å². The number of methoxy groups -OCH3 is 1. The van der Waals surface area contributed by atoms with Crippen LogP contribution in [0.3, 0.4) is 0 Å². The first kappa shape index (κ1) is 49.3. The number of benzene rings is 1. The zero-order valence-electron chi connectivity index (χ0n) is 38.1. The van der Waals surface area contributed by atoms with Crippen molar-refractivity contribution in [2.45, 2.75) is 180 Å². The summed E-state index contributed by atoms with van der Waals surface area (Å²) in [6.07, 6.45) is 19.6. The highest BCUT2D eigenvalue weighted by atomic mass is 28.4. The van der Waals surface area contributed by atoms with Crippen LogP contribution in [0, 0.1) is 5.92 Å². The molecule has 7 nitrogen and oxygen atoms in total. The van der Waals surface area contributed by atoms with Gasteiger partial charge in [-0.25, -0.2) is 0 Å². The van der Waals surface area contributed by atoms with Crippen LogP contribution >= 0.6 is 0 Å². The van der Waals surface area contributed by atoms with Crippen molar-refractivity contribution in [3.05, 3.63) is 90.1 Å². The number of aliphatic hydroxyl groups excluding tert-OH is 1. The van der Waals surface area contributed by atoms with Gasteiger partial charge in [-0.1, -0.05) is 121 Å². The molecule has 2 unspecified atom stereocenters. The molecule has 9 heteroatoms. The van der Waals surface area contributed by atoms with E-state index >= 15 is 0 Å². The van der Waals surface area contributed by atoms with E-state index in [1.165, 1.54) is 5.57 Å². The van der Waals surface area contributed by atoms with Crippen molar-refractivity contribution >= 4 is 16.6 Å². The van der Waals surface area contributed by atoms with Crippen LogP contribution in [0.2, 0.25) is 36.3 Å². The molecular weight excluding hydrogens is 745 g/mol. The molecule has 0 saturated carbocycles. The quantitative estimate of drug-likeness (QED) is 0.0922. The molecule has 7 atom stereocenters. The van der Waals surface area contributed by atoms with Crippen LogP contribution in [0.1, 0.15) is 106 Å². The first-order valence-electron chi connectivity index (χ1n) is 21.4. The van der Waals surface area contributed by atoms with Gasteiger partial charge in [0, 0.05) is 6.61 Å². The highest BCUT2D eigenvalue weighted by molar-refractivity contribution is 6.74. The van der Waals surface area contributed by atoms with Crippen LogP contribution in [-0.2, 0) is 29.7 Å². The van der Waals surface area contributed by atoms with Gasteiger partial charge in [0.15, 0.2) is 16.6 Å². The Hall–Kier alpha value is -2.09. The summed E-state index contributed by atoms with van der Waals surface area (Å²) >= 11 is 0. The highest BCUT2D eigenvalue weighted by Crippen LogP contribution is 2.39. The Bertz CT molecular complexity index is 1480. The van der Waals surface area contributed by atoms with Crippen molar-refractivity contribution in [1.29, 1.82) is 0 Å².